The van der Waals surface area contributed by atoms with E-state index in [0.29, 0.717) is 6.04 Å². The molecule has 0 bridgehead atoms. The van der Waals surface area contributed by atoms with Gasteiger partial charge in [0.15, 0.2) is 0 Å². The lowest BCUT2D eigenvalue weighted by Gasteiger charge is -2.37. The van der Waals surface area contributed by atoms with Crippen LogP contribution in [-0.4, -0.2) is 63.6 Å². The molecule has 5 nitrogen and oxygen atoms in total. The van der Waals surface area contributed by atoms with Crippen LogP contribution in [0.25, 0.3) is 5.65 Å². The topological polar surface area (TPSA) is 44.0 Å². The number of aliphatic hydroxyl groups is 1. The zero-order valence-corrected chi connectivity index (χ0v) is 13.6. The van der Waals surface area contributed by atoms with Crippen molar-refractivity contribution in [2.24, 2.45) is 0 Å². The highest BCUT2D eigenvalue weighted by atomic mass is 16.3. The van der Waals surface area contributed by atoms with Crippen molar-refractivity contribution < 1.29 is 5.11 Å². The first-order chi connectivity index (χ1) is 10.7. The molecular weight excluding hydrogens is 276 g/mol. The van der Waals surface area contributed by atoms with Gasteiger partial charge in [-0.3, -0.25) is 4.90 Å². The molecule has 0 amide bonds. The van der Waals surface area contributed by atoms with Gasteiger partial charge in [0.25, 0.3) is 0 Å². The van der Waals surface area contributed by atoms with E-state index in [1.54, 1.807) is 0 Å². The lowest BCUT2D eigenvalue weighted by molar-refractivity contribution is 0.0929. The van der Waals surface area contributed by atoms with E-state index in [0.717, 1.165) is 31.8 Å². The number of hydrogen-bond acceptors (Lipinski definition) is 4. The number of nitrogens with zero attached hydrogens (tertiary/aromatic N) is 4. The van der Waals surface area contributed by atoms with Crippen molar-refractivity contribution in [1.82, 2.24) is 19.2 Å². The molecule has 5 heteroatoms. The summed E-state index contributed by atoms with van der Waals surface area (Å²) in [6.45, 7) is 6.17. The van der Waals surface area contributed by atoms with Crippen molar-refractivity contribution in [2.45, 2.75) is 32.4 Å². The molecular formula is C17H26N4O. The highest BCUT2D eigenvalue weighted by molar-refractivity contribution is 5.41. The summed E-state index contributed by atoms with van der Waals surface area (Å²) >= 11 is 0. The van der Waals surface area contributed by atoms with Crippen molar-refractivity contribution in [1.29, 1.82) is 0 Å². The van der Waals surface area contributed by atoms with Gasteiger partial charge < -0.3 is 14.4 Å². The summed E-state index contributed by atoms with van der Waals surface area (Å²) in [6.07, 6.45) is 6.45. The number of aromatic nitrogens is 2. The van der Waals surface area contributed by atoms with Gasteiger partial charge in [-0.25, -0.2) is 4.98 Å². The molecule has 1 fully saturated rings. The van der Waals surface area contributed by atoms with Crippen molar-refractivity contribution in [3.8, 4) is 0 Å². The molecule has 120 valence electrons. The van der Waals surface area contributed by atoms with Gasteiger partial charge in [0.2, 0.25) is 0 Å². The Morgan fingerprint density at radius 1 is 1.32 bits per heavy atom. The molecule has 3 heterocycles. The van der Waals surface area contributed by atoms with Gasteiger partial charge in [0, 0.05) is 25.3 Å². The van der Waals surface area contributed by atoms with E-state index in [-0.39, 0.29) is 6.61 Å². The van der Waals surface area contributed by atoms with Gasteiger partial charge in [-0.1, -0.05) is 6.07 Å². The second-order valence-electron chi connectivity index (χ2n) is 6.41. The van der Waals surface area contributed by atoms with E-state index in [9.17, 15) is 5.11 Å². The molecule has 2 aromatic heterocycles. The first-order valence-electron chi connectivity index (χ1n) is 8.13. The normalized spacial score (nSPS) is 17.6. The zero-order valence-electron chi connectivity index (χ0n) is 13.6. The second kappa shape index (κ2) is 6.77. The molecule has 1 aliphatic heterocycles. The Morgan fingerprint density at radius 3 is 2.82 bits per heavy atom. The van der Waals surface area contributed by atoms with Crippen LogP contribution in [0.3, 0.4) is 0 Å². The maximum Gasteiger partial charge on any atom is 0.136 e. The molecule has 2 aromatic rings. The SMILES string of the molecule is Cc1ccc2ncc(CN(CCO)C3CCN(C)CC3)n2c1. The predicted octanol–water partition coefficient (Wildman–Crippen LogP) is 1.53. The first-order valence-corrected chi connectivity index (χ1v) is 8.13. The molecule has 0 saturated carbocycles. The Morgan fingerprint density at radius 2 is 2.09 bits per heavy atom. The van der Waals surface area contributed by atoms with Crippen LogP contribution in [-0.2, 0) is 6.54 Å². The number of pyridine rings is 1. The summed E-state index contributed by atoms with van der Waals surface area (Å²) in [5.74, 6) is 0. The Hall–Kier alpha value is -1.43. The van der Waals surface area contributed by atoms with Crippen LogP contribution in [0, 0.1) is 6.92 Å². The van der Waals surface area contributed by atoms with Crippen molar-refractivity contribution in [3.05, 3.63) is 35.8 Å². The van der Waals surface area contributed by atoms with E-state index in [1.165, 1.54) is 24.1 Å². The fourth-order valence-electron chi connectivity index (χ4n) is 3.34. The maximum absolute atomic E-state index is 9.43. The zero-order chi connectivity index (χ0) is 15.5. The van der Waals surface area contributed by atoms with Crippen LogP contribution in [0.5, 0.6) is 0 Å². The second-order valence-corrected chi connectivity index (χ2v) is 6.41. The largest absolute Gasteiger partial charge is 0.395 e. The van der Waals surface area contributed by atoms with Crippen LogP contribution < -0.4 is 0 Å². The third-order valence-electron chi connectivity index (χ3n) is 4.69. The molecule has 1 aliphatic rings. The smallest absolute Gasteiger partial charge is 0.136 e. The van der Waals surface area contributed by atoms with Gasteiger partial charge in [0.1, 0.15) is 5.65 Å². The Balaban J connectivity index is 1.78. The minimum absolute atomic E-state index is 0.210. The Bertz CT molecular complexity index is 616. The molecule has 0 radical (unpaired) electrons. The molecule has 0 aliphatic carbocycles. The molecule has 0 unspecified atom stereocenters. The minimum atomic E-state index is 0.210. The molecule has 3 rings (SSSR count). The van der Waals surface area contributed by atoms with E-state index in [4.69, 9.17) is 0 Å². The van der Waals surface area contributed by atoms with Gasteiger partial charge in [0.05, 0.1) is 18.5 Å². The van der Waals surface area contributed by atoms with Gasteiger partial charge >= 0.3 is 0 Å². The fourth-order valence-corrected chi connectivity index (χ4v) is 3.34. The van der Waals surface area contributed by atoms with Gasteiger partial charge in [-0.15, -0.1) is 0 Å². The number of likely N-dealkylation sites (tertiary alicyclic amines) is 1. The molecule has 1 N–H and O–H groups in total. The molecule has 0 spiro atoms. The highest BCUT2D eigenvalue weighted by Gasteiger charge is 2.23. The summed E-state index contributed by atoms with van der Waals surface area (Å²) in [5.41, 5.74) is 3.43. The van der Waals surface area contributed by atoms with Gasteiger partial charge in [-0.05, 0) is 51.5 Å². The molecule has 0 aromatic carbocycles. The Labute approximate surface area is 132 Å². The van der Waals surface area contributed by atoms with E-state index in [1.807, 2.05) is 6.20 Å². The van der Waals surface area contributed by atoms with E-state index >= 15 is 0 Å². The monoisotopic (exact) mass is 302 g/mol. The van der Waals surface area contributed by atoms with E-state index in [2.05, 4.69) is 51.5 Å². The number of aliphatic hydroxyl groups excluding tert-OH is 1. The summed E-state index contributed by atoms with van der Waals surface area (Å²) in [7, 11) is 2.18. The minimum Gasteiger partial charge on any atom is -0.395 e. The average molecular weight is 302 g/mol. The lowest BCUT2D eigenvalue weighted by atomic mass is 10.0. The summed E-state index contributed by atoms with van der Waals surface area (Å²) < 4.78 is 2.18. The fraction of sp³-hybridized carbons (Fsp3) is 0.588. The van der Waals surface area contributed by atoms with Crippen molar-refractivity contribution in [2.75, 3.05) is 33.3 Å². The van der Waals surface area contributed by atoms with Crippen LogP contribution in [0.15, 0.2) is 24.5 Å². The number of fused-ring (bicyclic) bond motifs is 1. The van der Waals surface area contributed by atoms with Crippen LogP contribution in [0.1, 0.15) is 24.1 Å². The maximum atomic E-state index is 9.43. The highest BCUT2D eigenvalue weighted by Crippen LogP contribution is 2.19. The number of rotatable bonds is 5. The quantitative estimate of drug-likeness (QED) is 0.910. The Kier molecular flexibility index (Phi) is 4.76. The first kappa shape index (κ1) is 15.5. The summed E-state index contributed by atoms with van der Waals surface area (Å²) in [6, 6.07) is 4.71. The van der Waals surface area contributed by atoms with E-state index < -0.39 is 0 Å². The van der Waals surface area contributed by atoms with Gasteiger partial charge in [-0.2, -0.15) is 0 Å². The van der Waals surface area contributed by atoms with Crippen molar-refractivity contribution >= 4 is 5.65 Å². The number of hydrogen-bond donors (Lipinski definition) is 1. The van der Waals surface area contributed by atoms with Crippen LogP contribution >= 0.6 is 0 Å². The molecule has 1 saturated heterocycles. The lowest BCUT2D eigenvalue weighted by Crippen LogP contribution is -2.44. The summed E-state index contributed by atoms with van der Waals surface area (Å²) in [5, 5.41) is 9.43. The van der Waals surface area contributed by atoms with Crippen LogP contribution in [0.4, 0.5) is 0 Å². The van der Waals surface area contributed by atoms with Crippen molar-refractivity contribution in [3.63, 3.8) is 0 Å². The number of imidazole rings is 1. The summed E-state index contributed by atoms with van der Waals surface area (Å²) in [4.78, 5) is 9.29. The standard InChI is InChI=1S/C17H26N4O/c1-14-3-4-17-18-11-16(21(17)12-14)13-20(9-10-22)15-5-7-19(2)8-6-15/h3-4,11-12,15,22H,5-10,13H2,1-2H3. The number of piperidine rings is 1. The molecule has 22 heavy (non-hydrogen) atoms. The third kappa shape index (κ3) is 3.32. The predicted molar refractivity (Wildman–Crippen MR) is 87.9 cm³/mol. The molecule has 0 atom stereocenters. The average Bonchev–Trinajstić information content (AvgIpc) is 2.90. The third-order valence-corrected chi connectivity index (χ3v) is 4.69. The number of aryl methyl sites for hydroxylation is 1. The van der Waals surface area contributed by atoms with Crippen LogP contribution in [0.2, 0.25) is 0 Å².